The molecule has 36 heteroatoms. The molecule has 6 N–H and O–H groups in total. The first kappa shape index (κ1) is 90.2. The maximum Gasteiger partial charge on any atom is 0.281 e. The first-order valence-electron chi connectivity index (χ1n) is 47.9. The van der Waals surface area contributed by atoms with E-state index in [4.69, 9.17) is 29.2 Å². The zero-order valence-electron chi connectivity index (χ0n) is 76.2. The molecule has 6 aliphatic heterocycles. The first-order chi connectivity index (χ1) is 63.5. The molecule has 3 unspecified atom stereocenters. The summed E-state index contributed by atoms with van der Waals surface area (Å²) < 4.78 is 109. The molecule has 6 bridgehead atoms. The van der Waals surface area contributed by atoms with E-state index >= 15 is 0 Å². The second kappa shape index (κ2) is 37.1. The number of ether oxygens (including phenoxy) is 3. The van der Waals surface area contributed by atoms with Gasteiger partial charge in [-0.3, -0.25) is 14.4 Å². The molecule has 12 aliphatic rings. The molecule has 9 fully saturated rings. The van der Waals surface area contributed by atoms with E-state index in [9.17, 15) is 39.6 Å². The highest BCUT2D eigenvalue weighted by Gasteiger charge is 2.48. The molecular formula is C96H123N21O12S3. The number of rotatable bonds is 21. The minimum Gasteiger partial charge on any atom is -0.477 e. The average Bonchev–Trinajstić information content (AvgIpc) is 1.72. The molecule has 0 spiro atoms. The predicted molar refractivity (Wildman–Crippen MR) is 500 cm³/mol. The van der Waals surface area contributed by atoms with E-state index in [1.165, 1.54) is 95.2 Å². The normalized spacial score (nSPS) is 22.8. The van der Waals surface area contributed by atoms with E-state index in [2.05, 4.69) is 117 Å². The van der Waals surface area contributed by atoms with Crippen molar-refractivity contribution in [3.05, 3.63) is 144 Å². The van der Waals surface area contributed by atoms with Crippen LogP contribution in [0.5, 0.6) is 17.6 Å². The Kier molecular flexibility index (Phi) is 25.3. The van der Waals surface area contributed by atoms with Crippen molar-refractivity contribution < 1.29 is 53.8 Å². The number of aromatic nitrogens is 12. The molecule has 6 saturated carbocycles. The van der Waals surface area contributed by atoms with Gasteiger partial charge < -0.3 is 44.9 Å². The number of hydrogen-bond acceptors (Lipinski definition) is 27. The van der Waals surface area contributed by atoms with Gasteiger partial charge in [-0.25, -0.2) is 58.1 Å². The van der Waals surface area contributed by atoms with Gasteiger partial charge in [0.2, 0.25) is 17.6 Å². The summed E-state index contributed by atoms with van der Waals surface area (Å²) in [6, 6.07) is 30.1. The maximum absolute atomic E-state index is 13.7. The number of pyridine rings is 6. The minimum absolute atomic E-state index is 0.127. The first-order valence-corrected chi connectivity index (χ1v) is 52.3. The lowest BCUT2D eigenvalue weighted by atomic mass is 9.95. The lowest BCUT2D eigenvalue weighted by molar-refractivity contribution is 0.0972. The van der Waals surface area contributed by atoms with E-state index in [1.807, 2.05) is 36.8 Å². The summed E-state index contributed by atoms with van der Waals surface area (Å²) in [6.45, 7) is 16.8. The van der Waals surface area contributed by atoms with Crippen molar-refractivity contribution in [2.24, 2.45) is 53.3 Å². The Balaban J connectivity index is 0.000000128. The lowest BCUT2D eigenvalue weighted by Crippen LogP contribution is -2.45. The summed E-state index contributed by atoms with van der Waals surface area (Å²) in [5.41, 5.74) is -0.300. The summed E-state index contributed by atoms with van der Waals surface area (Å²) in [6.07, 6.45) is 35.7. The van der Waals surface area contributed by atoms with E-state index in [0.717, 1.165) is 150 Å². The fourth-order valence-corrected chi connectivity index (χ4v) is 24.1. The number of nitrogens with zero attached hydrogens (tertiary/aromatic N) is 15. The van der Waals surface area contributed by atoms with Gasteiger partial charge in [0, 0.05) is 91.2 Å². The van der Waals surface area contributed by atoms with Crippen LogP contribution >= 0.6 is 0 Å². The van der Waals surface area contributed by atoms with Crippen molar-refractivity contribution in [1.82, 2.24) is 73.4 Å². The summed E-state index contributed by atoms with van der Waals surface area (Å²) in [5.74, 6) is 11.4. The van der Waals surface area contributed by atoms with Crippen LogP contribution in [-0.4, -0.2) is 176 Å². The van der Waals surface area contributed by atoms with E-state index in [0.29, 0.717) is 109 Å². The molecule has 0 aromatic carbocycles. The minimum atomic E-state index is -4.22. The number of anilines is 6. The molecule has 3 amide bonds. The van der Waals surface area contributed by atoms with Gasteiger partial charge in [0.1, 0.15) is 34.9 Å². The summed E-state index contributed by atoms with van der Waals surface area (Å²) >= 11 is 0. The quantitative estimate of drug-likeness (QED) is 0.0389. The third-order valence-corrected chi connectivity index (χ3v) is 32.6. The van der Waals surface area contributed by atoms with Crippen LogP contribution in [0.3, 0.4) is 0 Å². The highest BCUT2D eigenvalue weighted by atomic mass is 32.2. The number of fused-ring (bicyclic) bond motifs is 15. The molecular weight excluding hydrogens is 1740 g/mol. The van der Waals surface area contributed by atoms with Crippen LogP contribution in [0, 0.1) is 53.3 Å². The highest BCUT2D eigenvalue weighted by Crippen LogP contribution is 2.54. The Labute approximate surface area is 772 Å². The molecule has 132 heavy (non-hydrogen) atoms. The number of hydrogen-bond donors (Lipinski definition) is 6. The average molecular weight is 1860 g/mol. The van der Waals surface area contributed by atoms with Gasteiger partial charge >= 0.3 is 0 Å². The molecule has 6 aliphatic carbocycles. The Morgan fingerprint density at radius 3 is 0.864 bits per heavy atom. The molecule has 3 atom stereocenters. The van der Waals surface area contributed by atoms with E-state index < -0.39 is 47.8 Å². The largest absolute Gasteiger partial charge is 0.477 e. The van der Waals surface area contributed by atoms with Crippen molar-refractivity contribution in [3.63, 3.8) is 0 Å². The molecule has 21 rings (SSSR count). The number of nitrogens with one attached hydrogen (secondary N) is 6. The van der Waals surface area contributed by atoms with Gasteiger partial charge in [-0.1, -0.05) is 18.2 Å². The van der Waals surface area contributed by atoms with Crippen LogP contribution in [0.4, 0.5) is 34.9 Å². The Morgan fingerprint density at radius 1 is 0.341 bits per heavy atom. The lowest BCUT2D eigenvalue weighted by Gasteiger charge is -2.38. The third-order valence-electron chi connectivity index (χ3n) is 28.9. The second-order valence-electron chi connectivity index (χ2n) is 40.1. The summed E-state index contributed by atoms with van der Waals surface area (Å²) in [5, 5.41) is 23.0. The Hall–Kier alpha value is -11.0. The summed E-state index contributed by atoms with van der Waals surface area (Å²) in [7, 11) is -12.7. The molecule has 3 saturated heterocycles. The van der Waals surface area contributed by atoms with Crippen molar-refractivity contribution in [2.75, 3.05) is 70.1 Å². The van der Waals surface area contributed by atoms with Gasteiger partial charge in [0.15, 0.2) is 32.5 Å². The fourth-order valence-electron chi connectivity index (χ4n) is 21.3. The topological polar surface area (TPSA) is 394 Å². The van der Waals surface area contributed by atoms with Crippen LogP contribution in [0.25, 0.3) is 17.5 Å². The van der Waals surface area contributed by atoms with Crippen LogP contribution in [0.15, 0.2) is 143 Å². The van der Waals surface area contributed by atoms with Crippen molar-refractivity contribution in [2.45, 2.75) is 265 Å². The molecule has 0 radical (unpaired) electrons. The van der Waals surface area contributed by atoms with Gasteiger partial charge in [-0.2, -0.15) is 25.3 Å². The predicted octanol–water partition coefficient (Wildman–Crippen LogP) is 14.8. The number of sulfonamides is 3. The zero-order valence-corrected chi connectivity index (χ0v) is 78.7. The van der Waals surface area contributed by atoms with Gasteiger partial charge in [-0.15, -0.1) is 15.3 Å². The Morgan fingerprint density at radius 2 is 0.606 bits per heavy atom. The maximum atomic E-state index is 13.7. The molecule has 15 heterocycles. The van der Waals surface area contributed by atoms with E-state index in [1.54, 1.807) is 86.8 Å². The van der Waals surface area contributed by atoms with Crippen molar-refractivity contribution in [3.8, 4) is 35.1 Å². The smallest absolute Gasteiger partial charge is 0.281 e. The third kappa shape index (κ3) is 20.7. The van der Waals surface area contributed by atoms with Gasteiger partial charge in [0.25, 0.3) is 47.8 Å². The zero-order chi connectivity index (χ0) is 91.4. The van der Waals surface area contributed by atoms with E-state index in [-0.39, 0.29) is 66.5 Å². The van der Waals surface area contributed by atoms with Crippen LogP contribution in [0.1, 0.15) is 246 Å². The van der Waals surface area contributed by atoms with Crippen molar-refractivity contribution in [1.29, 1.82) is 0 Å². The number of carbonyl (C=O) groups is 3. The van der Waals surface area contributed by atoms with Gasteiger partial charge in [-0.05, 0) is 341 Å². The highest BCUT2D eigenvalue weighted by molar-refractivity contribution is 7.90. The standard InChI is InChI=1S/3C32H41N7O4S/c3*1-32(2)17-14-23-5-4-18-33-26-6-3-7-29(34-26)44(41,42)37-31(40)25-12-13-27(35-30(25)39(23)32)38-19-15-28(36-38)43-20-16-24(21-8-9-21)22-10-11-22/h3*3,6-7,12-13,15,19,21-24H,4-5,8-11,14,16-18,20H2,1-2H3,(H,33,34)(H,37,40). The van der Waals surface area contributed by atoms with Crippen LogP contribution in [-0.2, 0) is 30.1 Å². The fraction of sp³-hybridized carbons (Fsp3) is 0.562. The number of carbonyl (C=O) groups excluding carboxylic acids is 3. The summed E-state index contributed by atoms with van der Waals surface area (Å²) in [4.78, 5) is 75.3. The molecule has 9 aromatic rings. The van der Waals surface area contributed by atoms with Crippen molar-refractivity contribution >= 4 is 82.7 Å². The molecule has 9 aromatic heterocycles. The molecule has 33 nitrogen and oxygen atoms in total. The monoisotopic (exact) mass is 1860 g/mol. The van der Waals surface area contributed by atoms with Crippen LogP contribution in [0.2, 0.25) is 0 Å². The molecule has 702 valence electrons. The number of amides is 3. The van der Waals surface area contributed by atoms with Gasteiger partial charge in [0.05, 0.1) is 36.5 Å². The Bertz CT molecular complexity index is 5480. The van der Waals surface area contributed by atoms with Crippen LogP contribution < -0.4 is 59.0 Å². The SMILES string of the molecule is CC1(C)CCC2CCCNc3cccc(n3)S(=O)(=O)NC(=O)c3ccc(-n4ccc(OCCC(C5CC5)C5CC5)n4)nc3N21.CC1(C)CCC2CCCNc3cccc(n3)S(=O)(=O)NC(=O)c3ccc(-n4ccc(OCCC(C5CC5)C5CC5)n4)nc3N21.CC1(C)CCC2CCCNc3cccc(n3)S(=O)(=O)NC(=O)c3ccc(-n4ccc(OCCC(C5CC5)C5CC5)n4)nc3N21. The second-order valence-corrected chi connectivity index (χ2v) is 45.0.